The number of hydrogen-bond donors (Lipinski definition) is 3. The predicted octanol–water partition coefficient (Wildman–Crippen LogP) is 1.84. The van der Waals surface area contributed by atoms with E-state index in [1.165, 1.54) is 0 Å². The zero-order valence-electron chi connectivity index (χ0n) is 10.3. The Bertz CT molecular complexity index is 310. The molecule has 4 nitrogen and oxygen atoms in total. The summed E-state index contributed by atoms with van der Waals surface area (Å²) in [4.78, 5) is 10.6. The molecule has 0 heterocycles. The monoisotopic (exact) mass is 239 g/mol. The second-order valence-corrected chi connectivity index (χ2v) is 3.81. The Morgan fingerprint density at radius 2 is 2.18 bits per heavy atom. The summed E-state index contributed by atoms with van der Waals surface area (Å²) >= 11 is 0. The van der Waals surface area contributed by atoms with Crippen molar-refractivity contribution in [2.75, 3.05) is 6.54 Å². The quantitative estimate of drug-likeness (QED) is 0.424. The molecule has 0 rings (SSSR count). The van der Waals surface area contributed by atoms with Crippen molar-refractivity contribution in [3.05, 3.63) is 37.1 Å². The van der Waals surface area contributed by atoms with E-state index in [0.717, 1.165) is 6.42 Å². The Morgan fingerprint density at radius 1 is 1.53 bits per heavy atom. The molecule has 1 unspecified atom stereocenters. The number of rotatable bonds is 9. The molecule has 0 aromatic rings. The van der Waals surface area contributed by atoms with Gasteiger partial charge in [-0.3, -0.25) is 4.79 Å². The highest BCUT2D eigenvalue weighted by Crippen LogP contribution is 2.21. The van der Waals surface area contributed by atoms with Crippen LogP contribution in [0.4, 0.5) is 0 Å². The molecule has 0 spiro atoms. The van der Waals surface area contributed by atoms with Crippen molar-refractivity contribution in [1.82, 2.24) is 5.32 Å². The van der Waals surface area contributed by atoms with Crippen molar-refractivity contribution in [3.63, 3.8) is 0 Å². The van der Waals surface area contributed by atoms with Crippen LogP contribution in [0.1, 0.15) is 26.2 Å². The van der Waals surface area contributed by atoms with Gasteiger partial charge in [0.05, 0.1) is 6.42 Å². The van der Waals surface area contributed by atoms with Crippen LogP contribution in [0.3, 0.4) is 0 Å². The van der Waals surface area contributed by atoms with Crippen molar-refractivity contribution in [3.8, 4) is 0 Å². The van der Waals surface area contributed by atoms with Gasteiger partial charge in [0.1, 0.15) is 5.60 Å². The van der Waals surface area contributed by atoms with Gasteiger partial charge in [0.25, 0.3) is 0 Å². The molecule has 0 aliphatic carbocycles. The first-order valence-corrected chi connectivity index (χ1v) is 5.61. The molecule has 0 saturated heterocycles. The van der Waals surface area contributed by atoms with Crippen LogP contribution < -0.4 is 5.32 Å². The van der Waals surface area contributed by atoms with Crippen LogP contribution in [0.15, 0.2) is 37.1 Å². The lowest BCUT2D eigenvalue weighted by atomic mass is 9.93. The van der Waals surface area contributed by atoms with E-state index in [1.807, 2.05) is 12.2 Å². The first kappa shape index (κ1) is 15.4. The Hall–Kier alpha value is -1.55. The lowest BCUT2D eigenvalue weighted by Gasteiger charge is -2.28. The molecule has 0 aliphatic rings. The smallest absolute Gasteiger partial charge is 0.306 e. The molecule has 0 aromatic heterocycles. The molecule has 3 N–H and O–H groups in total. The number of hydrogen-bond acceptors (Lipinski definition) is 3. The van der Waals surface area contributed by atoms with E-state index in [1.54, 1.807) is 13.0 Å². The summed E-state index contributed by atoms with van der Waals surface area (Å²) in [5.74, 6) is -1.04. The molecule has 0 amide bonds. The summed E-state index contributed by atoms with van der Waals surface area (Å²) in [5.41, 5.74) is -1.03. The van der Waals surface area contributed by atoms with Crippen molar-refractivity contribution in [2.45, 2.75) is 31.8 Å². The van der Waals surface area contributed by atoms with E-state index < -0.39 is 11.6 Å². The van der Waals surface area contributed by atoms with E-state index >= 15 is 0 Å². The van der Waals surface area contributed by atoms with Gasteiger partial charge < -0.3 is 15.5 Å². The number of carboxylic acids is 1. The summed E-state index contributed by atoms with van der Waals surface area (Å²) in [6.45, 7) is 9.58. The van der Waals surface area contributed by atoms with Gasteiger partial charge in [-0.1, -0.05) is 38.3 Å². The lowest BCUT2D eigenvalue weighted by molar-refractivity contribution is -0.141. The van der Waals surface area contributed by atoms with Gasteiger partial charge in [-0.15, -0.1) is 0 Å². The van der Waals surface area contributed by atoms with Gasteiger partial charge >= 0.3 is 5.97 Å². The third kappa shape index (κ3) is 5.92. The maximum Gasteiger partial charge on any atom is 0.306 e. The minimum atomic E-state index is -1.38. The fourth-order valence-corrected chi connectivity index (χ4v) is 1.36. The number of aliphatic carboxylic acids is 1. The average Bonchev–Trinajstić information content (AvgIpc) is 2.27. The van der Waals surface area contributed by atoms with Crippen molar-refractivity contribution < 1.29 is 15.0 Å². The molecule has 0 aromatic carbocycles. The van der Waals surface area contributed by atoms with Gasteiger partial charge in [0.2, 0.25) is 0 Å². The van der Waals surface area contributed by atoms with Gasteiger partial charge in [0.15, 0.2) is 0 Å². The van der Waals surface area contributed by atoms with Crippen LogP contribution in [0.2, 0.25) is 0 Å². The SMILES string of the molecule is C=C/C=C\CCNC(=C)C(O)(CC)CC(=O)O. The minimum absolute atomic E-state index is 0.313. The summed E-state index contributed by atoms with van der Waals surface area (Å²) in [6, 6.07) is 0. The number of nitrogens with one attached hydrogen (secondary N) is 1. The molecule has 0 bridgehead atoms. The van der Waals surface area contributed by atoms with E-state index in [0.29, 0.717) is 18.7 Å². The first-order chi connectivity index (χ1) is 7.96. The van der Waals surface area contributed by atoms with E-state index in [9.17, 15) is 9.90 Å². The fourth-order valence-electron chi connectivity index (χ4n) is 1.36. The Morgan fingerprint density at radius 3 is 2.65 bits per heavy atom. The highest BCUT2D eigenvalue weighted by atomic mass is 16.4. The minimum Gasteiger partial charge on any atom is -0.481 e. The van der Waals surface area contributed by atoms with Gasteiger partial charge in [-0.2, -0.15) is 0 Å². The molecule has 17 heavy (non-hydrogen) atoms. The molecular formula is C13H21NO3. The maximum atomic E-state index is 10.6. The average molecular weight is 239 g/mol. The predicted molar refractivity (Wildman–Crippen MR) is 68.6 cm³/mol. The Labute approximate surface area is 102 Å². The summed E-state index contributed by atoms with van der Waals surface area (Å²) < 4.78 is 0. The lowest BCUT2D eigenvalue weighted by Crippen LogP contribution is -2.39. The third-order valence-electron chi connectivity index (χ3n) is 2.51. The van der Waals surface area contributed by atoms with Crippen molar-refractivity contribution >= 4 is 5.97 Å². The molecule has 1 atom stereocenters. The molecule has 0 radical (unpaired) electrons. The van der Waals surface area contributed by atoms with E-state index in [4.69, 9.17) is 5.11 Å². The van der Waals surface area contributed by atoms with Gasteiger partial charge in [-0.05, 0) is 12.8 Å². The molecule has 4 heteroatoms. The van der Waals surface area contributed by atoms with Crippen LogP contribution >= 0.6 is 0 Å². The summed E-state index contributed by atoms with van der Waals surface area (Å²) in [5, 5.41) is 21.7. The highest BCUT2D eigenvalue weighted by molar-refractivity contribution is 5.68. The normalized spacial score (nSPS) is 14.2. The Kier molecular flexibility index (Phi) is 6.98. The van der Waals surface area contributed by atoms with Crippen LogP contribution in [0.5, 0.6) is 0 Å². The van der Waals surface area contributed by atoms with Crippen LogP contribution in [-0.4, -0.2) is 28.3 Å². The van der Waals surface area contributed by atoms with Crippen LogP contribution in [0.25, 0.3) is 0 Å². The number of carbonyl (C=O) groups is 1. The van der Waals surface area contributed by atoms with E-state index in [2.05, 4.69) is 18.5 Å². The van der Waals surface area contributed by atoms with Gasteiger partial charge in [-0.25, -0.2) is 0 Å². The molecular weight excluding hydrogens is 218 g/mol. The van der Waals surface area contributed by atoms with Crippen molar-refractivity contribution in [2.24, 2.45) is 0 Å². The van der Waals surface area contributed by atoms with Crippen LogP contribution in [0, 0.1) is 0 Å². The summed E-state index contributed by atoms with van der Waals surface area (Å²) in [6.07, 6.45) is 6.17. The standard InChI is InChI=1S/C13H21NO3/c1-4-6-7-8-9-14-11(3)13(17,5-2)10-12(15)16/h4,6-7,14,17H,1,3,5,8-10H2,2H3,(H,15,16)/b7-6-. The fraction of sp³-hybridized carbons (Fsp3) is 0.462. The zero-order chi connectivity index (χ0) is 13.3. The van der Waals surface area contributed by atoms with Gasteiger partial charge in [0, 0.05) is 12.2 Å². The molecule has 96 valence electrons. The topological polar surface area (TPSA) is 69.6 Å². The Balaban J connectivity index is 4.21. The summed E-state index contributed by atoms with van der Waals surface area (Å²) in [7, 11) is 0. The van der Waals surface area contributed by atoms with E-state index in [-0.39, 0.29) is 6.42 Å². The second kappa shape index (κ2) is 7.68. The second-order valence-electron chi connectivity index (χ2n) is 3.81. The maximum absolute atomic E-state index is 10.6. The third-order valence-corrected chi connectivity index (χ3v) is 2.51. The molecule has 0 fully saturated rings. The number of aliphatic hydroxyl groups is 1. The molecule has 0 aliphatic heterocycles. The zero-order valence-corrected chi connectivity index (χ0v) is 10.3. The van der Waals surface area contributed by atoms with Crippen LogP contribution in [-0.2, 0) is 4.79 Å². The van der Waals surface area contributed by atoms with Crippen molar-refractivity contribution in [1.29, 1.82) is 0 Å². The first-order valence-electron chi connectivity index (χ1n) is 5.61. The number of allylic oxidation sites excluding steroid dienone is 2. The molecule has 0 saturated carbocycles. The highest BCUT2D eigenvalue weighted by Gasteiger charge is 2.31. The number of carboxylic acid groups (broad SMARTS) is 1. The largest absolute Gasteiger partial charge is 0.481 e.